The number of hydrogen-bond donors (Lipinski definition) is 1. The summed E-state index contributed by atoms with van der Waals surface area (Å²) in [5, 5.41) is 5.68. The second-order valence-corrected chi connectivity index (χ2v) is 5.75. The molecule has 0 aliphatic heterocycles. The van der Waals surface area contributed by atoms with Gasteiger partial charge in [0.25, 0.3) is 0 Å². The van der Waals surface area contributed by atoms with E-state index in [1.54, 1.807) is 11.3 Å². The highest BCUT2D eigenvalue weighted by Crippen LogP contribution is 2.26. The second kappa shape index (κ2) is 5.28. The minimum atomic E-state index is 0.798. The van der Waals surface area contributed by atoms with Gasteiger partial charge in [0.1, 0.15) is 0 Å². The van der Waals surface area contributed by atoms with Crippen LogP contribution in [0.1, 0.15) is 31.1 Å². The van der Waals surface area contributed by atoms with Crippen molar-refractivity contribution in [3.05, 3.63) is 26.4 Å². The molecule has 1 aliphatic rings. The van der Waals surface area contributed by atoms with E-state index in [4.69, 9.17) is 0 Å². The van der Waals surface area contributed by atoms with Crippen LogP contribution in [-0.2, 0) is 0 Å². The van der Waals surface area contributed by atoms with E-state index in [1.807, 2.05) is 0 Å². The zero-order valence-corrected chi connectivity index (χ0v) is 11.3. The SMILES string of the molecule is CC/C(=C/c1sccc1Br)CNC1CC1. The zero-order chi connectivity index (χ0) is 10.7. The van der Waals surface area contributed by atoms with Crippen LogP contribution < -0.4 is 5.32 Å². The lowest BCUT2D eigenvalue weighted by Gasteiger charge is -2.05. The number of hydrogen-bond acceptors (Lipinski definition) is 2. The van der Waals surface area contributed by atoms with E-state index in [0.29, 0.717) is 0 Å². The first-order chi connectivity index (χ1) is 7.29. The van der Waals surface area contributed by atoms with Gasteiger partial charge in [-0.1, -0.05) is 12.5 Å². The molecule has 0 bridgehead atoms. The van der Waals surface area contributed by atoms with Crippen LogP contribution in [0.25, 0.3) is 6.08 Å². The van der Waals surface area contributed by atoms with Gasteiger partial charge in [0.15, 0.2) is 0 Å². The van der Waals surface area contributed by atoms with Crippen molar-refractivity contribution >= 4 is 33.3 Å². The van der Waals surface area contributed by atoms with Crippen molar-refractivity contribution in [3.63, 3.8) is 0 Å². The maximum atomic E-state index is 3.56. The minimum absolute atomic E-state index is 0.798. The van der Waals surface area contributed by atoms with Crippen LogP contribution in [0.3, 0.4) is 0 Å². The van der Waals surface area contributed by atoms with Gasteiger partial charge in [0.2, 0.25) is 0 Å². The van der Waals surface area contributed by atoms with Gasteiger partial charge in [0.05, 0.1) is 0 Å². The third-order valence-electron chi connectivity index (χ3n) is 2.63. The van der Waals surface area contributed by atoms with Crippen molar-refractivity contribution in [3.8, 4) is 0 Å². The molecule has 1 nitrogen and oxygen atoms in total. The summed E-state index contributed by atoms with van der Waals surface area (Å²) in [5.41, 5.74) is 1.49. The first-order valence-corrected chi connectivity index (χ1v) is 7.12. The normalized spacial score (nSPS) is 17.1. The van der Waals surface area contributed by atoms with Crippen molar-refractivity contribution in [1.29, 1.82) is 0 Å². The van der Waals surface area contributed by atoms with Crippen LogP contribution >= 0.6 is 27.3 Å². The van der Waals surface area contributed by atoms with Crippen molar-refractivity contribution in [2.45, 2.75) is 32.2 Å². The molecule has 3 heteroatoms. The van der Waals surface area contributed by atoms with E-state index in [2.05, 4.69) is 45.7 Å². The van der Waals surface area contributed by atoms with E-state index < -0.39 is 0 Å². The summed E-state index contributed by atoms with van der Waals surface area (Å²) in [6.07, 6.45) is 6.16. The standard InChI is InChI=1S/C12H16BrNS/c1-2-9(8-14-10-3-4-10)7-12-11(13)5-6-15-12/h5-7,10,14H,2-4,8H2,1H3/b9-7-. The molecule has 1 fully saturated rings. The second-order valence-electron chi connectivity index (χ2n) is 3.94. The number of halogens is 1. The largest absolute Gasteiger partial charge is 0.310 e. The molecule has 15 heavy (non-hydrogen) atoms. The summed E-state index contributed by atoms with van der Waals surface area (Å²) in [6.45, 7) is 3.27. The molecule has 1 aliphatic carbocycles. The van der Waals surface area contributed by atoms with Crippen molar-refractivity contribution in [2.24, 2.45) is 0 Å². The summed E-state index contributed by atoms with van der Waals surface area (Å²) in [7, 11) is 0. The molecule has 0 amide bonds. The van der Waals surface area contributed by atoms with Gasteiger partial charge in [-0.25, -0.2) is 0 Å². The molecule has 2 rings (SSSR count). The smallest absolute Gasteiger partial charge is 0.0412 e. The Kier molecular flexibility index (Phi) is 4.00. The van der Waals surface area contributed by atoms with Crippen LogP contribution in [0.15, 0.2) is 21.5 Å². The van der Waals surface area contributed by atoms with Crippen molar-refractivity contribution in [1.82, 2.24) is 5.32 Å². The molecule has 1 saturated carbocycles. The number of rotatable bonds is 5. The average Bonchev–Trinajstić information content (AvgIpc) is 2.98. The molecular formula is C12H16BrNS. The van der Waals surface area contributed by atoms with Gasteiger partial charge >= 0.3 is 0 Å². The molecule has 82 valence electrons. The summed E-state index contributed by atoms with van der Waals surface area (Å²) in [5.74, 6) is 0. The molecule has 0 aromatic carbocycles. The molecular weight excluding hydrogens is 270 g/mol. The Morgan fingerprint density at radius 3 is 3.00 bits per heavy atom. The van der Waals surface area contributed by atoms with E-state index in [1.165, 1.54) is 27.8 Å². The molecule has 1 heterocycles. The number of thiophene rings is 1. The fourth-order valence-corrected chi connectivity index (χ4v) is 2.90. The molecule has 0 unspecified atom stereocenters. The molecule has 1 N–H and O–H groups in total. The van der Waals surface area contributed by atoms with Crippen molar-refractivity contribution < 1.29 is 0 Å². The fraction of sp³-hybridized carbons (Fsp3) is 0.500. The fourth-order valence-electron chi connectivity index (χ4n) is 1.43. The Balaban J connectivity index is 1.97. The lowest BCUT2D eigenvalue weighted by molar-refractivity contribution is 0.723. The zero-order valence-electron chi connectivity index (χ0n) is 8.92. The minimum Gasteiger partial charge on any atom is -0.310 e. The van der Waals surface area contributed by atoms with Crippen LogP contribution in [0.4, 0.5) is 0 Å². The summed E-state index contributed by atoms with van der Waals surface area (Å²) < 4.78 is 1.21. The van der Waals surface area contributed by atoms with Gasteiger partial charge in [-0.2, -0.15) is 0 Å². The molecule has 0 radical (unpaired) electrons. The first kappa shape index (κ1) is 11.4. The Hall–Kier alpha value is -0.120. The Labute approximate surface area is 104 Å². The van der Waals surface area contributed by atoms with Gasteiger partial charge in [-0.3, -0.25) is 0 Å². The first-order valence-electron chi connectivity index (χ1n) is 5.45. The molecule has 1 aromatic heterocycles. The highest BCUT2D eigenvalue weighted by Gasteiger charge is 2.20. The van der Waals surface area contributed by atoms with Crippen molar-refractivity contribution in [2.75, 3.05) is 6.54 Å². The van der Waals surface area contributed by atoms with Gasteiger partial charge < -0.3 is 5.32 Å². The monoisotopic (exact) mass is 285 g/mol. The average molecular weight is 286 g/mol. The topological polar surface area (TPSA) is 12.0 Å². The maximum Gasteiger partial charge on any atom is 0.0412 e. The Morgan fingerprint density at radius 2 is 2.47 bits per heavy atom. The van der Waals surface area contributed by atoms with Gasteiger partial charge in [-0.05, 0) is 52.7 Å². The van der Waals surface area contributed by atoms with Crippen LogP contribution in [0, 0.1) is 0 Å². The molecule has 0 atom stereocenters. The van der Waals surface area contributed by atoms with E-state index in [0.717, 1.165) is 19.0 Å². The Bertz CT molecular complexity index is 352. The lowest BCUT2D eigenvalue weighted by Crippen LogP contribution is -2.18. The van der Waals surface area contributed by atoms with Gasteiger partial charge in [0, 0.05) is 21.9 Å². The molecule has 0 spiro atoms. The quantitative estimate of drug-likeness (QED) is 0.861. The van der Waals surface area contributed by atoms with Crippen LogP contribution in [0.5, 0.6) is 0 Å². The summed E-state index contributed by atoms with van der Waals surface area (Å²) >= 11 is 5.35. The van der Waals surface area contributed by atoms with Crippen LogP contribution in [0.2, 0.25) is 0 Å². The number of nitrogens with one attached hydrogen (secondary N) is 1. The third-order valence-corrected chi connectivity index (χ3v) is 4.45. The summed E-state index contributed by atoms with van der Waals surface area (Å²) in [6, 6.07) is 2.91. The maximum absolute atomic E-state index is 3.56. The predicted octanol–water partition coefficient (Wildman–Crippen LogP) is 4.06. The van der Waals surface area contributed by atoms with E-state index in [9.17, 15) is 0 Å². The Morgan fingerprint density at radius 1 is 1.67 bits per heavy atom. The third kappa shape index (κ3) is 3.44. The van der Waals surface area contributed by atoms with E-state index in [-0.39, 0.29) is 0 Å². The molecule has 0 saturated heterocycles. The predicted molar refractivity (Wildman–Crippen MR) is 71.3 cm³/mol. The van der Waals surface area contributed by atoms with E-state index >= 15 is 0 Å². The van der Waals surface area contributed by atoms with Crippen LogP contribution in [-0.4, -0.2) is 12.6 Å². The summed E-state index contributed by atoms with van der Waals surface area (Å²) in [4.78, 5) is 1.34. The molecule has 1 aromatic rings. The van der Waals surface area contributed by atoms with Gasteiger partial charge in [-0.15, -0.1) is 11.3 Å². The highest BCUT2D eigenvalue weighted by atomic mass is 79.9. The highest BCUT2D eigenvalue weighted by molar-refractivity contribution is 9.10. The lowest BCUT2D eigenvalue weighted by atomic mass is 10.2.